The second kappa shape index (κ2) is 11.7. The van der Waals surface area contributed by atoms with Crippen molar-refractivity contribution >= 4 is 29.1 Å². The zero-order valence-electron chi connectivity index (χ0n) is 17.7. The van der Waals surface area contributed by atoms with E-state index in [9.17, 15) is 22.8 Å². The Kier molecular flexibility index (Phi) is 9.58. The second-order valence-electron chi connectivity index (χ2n) is 7.50. The highest BCUT2D eigenvalue weighted by atomic mass is 35.5. The zero-order valence-corrected chi connectivity index (χ0v) is 18.5. The lowest BCUT2D eigenvalue weighted by molar-refractivity contribution is -0.137. The van der Waals surface area contributed by atoms with Crippen molar-refractivity contribution in [2.75, 3.05) is 38.2 Å². The van der Waals surface area contributed by atoms with Crippen LogP contribution in [-0.4, -0.2) is 55.6 Å². The molecule has 0 saturated carbocycles. The van der Waals surface area contributed by atoms with Crippen molar-refractivity contribution in [2.24, 2.45) is 5.92 Å². The number of likely N-dealkylation sites (tertiary alicyclic amines) is 1. The first-order valence-corrected chi connectivity index (χ1v) is 10.8. The lowest BCUT2D eigenvalue weighted by Crippen LogP contribution is -2.48. The summed E-state index contributed by atoms with van der Waals surface area (Å²) in [6.45, 7) is 6.39. The number of carbonyl (C=O) groups excluding carboxylic acids is 2. The van der Waals surface area contributed by atoms with E-state index in [1.807, 2.05) is 11.8 Å². The molecule has 6 nitrogen and oxygen atoms in total. The fraction of sp³-hybridized carbons (Fsp3) is 0.619. The molecule has 2 amide bonds. The van der Waals surface area contributed by atoms with Gasteiger partial charge >= 0.3 is 6.18 Å². The van der Waals surface area contributed by atoms with Crippen LogP contribution in [0, 0.1) is 5.92 Å². The maximum atomic E-state index is 13.2. The molecule has 0 bridgehead atoms. The second-order valence-corrected chi connectivity index (χ2v) is 7.94. The molecular weight excluding hydrogens is 435 g/mol. The summed E-state index contributed by atoms with van der Waals surface area (Å²) in [6.07, 6.45) is -2.71. The highest BCUT2D eigenvalue weighted by Crippen LogP contribution is 2.36. The average molecular weight is 464 g/mol. The Hall–Kier alpha value is -1.84. The van der Waals surface area contributed by atoms with E-state index in [1.165, 1.54) is 6.07 Å². The molecule has 1 aliphatic rings. The predicted octanol–water partition coefficient (Wildman–Crippen LogP) is 3.94. The smallest absolute Gasteiger partial charge is 0.382 e. The maximum absolute atomic E-state index is 13.2. The molecule has 0 spiro atoms. The number of amides is 2. The van der Waals surface area contributed by atoms with Gasteiger partial charge in [0.2, 0.25) is 11.8 Å². The van der Waals surface area contributed by atoms with E-state index in [0.29, 0.717) is 45.7 Å². The average Bonchev–Trinajstić information content (AvgIpc) is 2.73. The molecule has 1 unspecified atom stereocenters. The van der Waals surface area contributed by atoms with Gasteiger partial charge in [0.05, 0.1) is 17.3 Å². The Balaban J connectivity index is 1.85. The minimum absolute atomic E-state index is 0.00997. The molecule has 1 aromatic carbocycles. The lowest BCUT2D eigenvalue weighted by atomic mass is 9.95. The Morgan fingerprint density at radius 2 is 1.97 bits per heavy atom. The lowest BCUT2D eigenvalue weighted by Gasteiger charge is -2.34. The standard InChI is InChI=1S/C21H29ClF3N3O3/c1-3-31-12-4-9-26-20(30)15-7-10-28(11-8-15)14(2)19(29)27-18-6-5-16(22)13-17(18)21(23,24)25/h5-6,13-15H,3-4,7-12H2,1-2H3,(H,26,30)(H,27,29). The fourth-order valence-electron chi connectivity index (χ4n) is 3.49. The van der Waals surface area contributed by atoms with Crippen LogP contribution in [0.15, 0.2) is 18.2 Å². The van der Waals surface area contributed by atoms with Gasteiger partial charge in [-0.2, -0.15) is 13.2 Å². The quantitative estimate of drug-likeness (QED) is 0.544. The van der Waals surface area contributed by atoms with Crippen LogP contribution >= 0.6 is 11.6 Å². The summed E-state index contributed by atoms with van der Waals surface area (Å²) >= 11 is 5.68. The Morgan fingerprint density at radius 3 is 2.58 bits per heavy atom. The normalized spacial score (nSPS) is 16.7. The number of carbonyl (C=O) groups is 2. The van der Waals surface area contributed by atoms with Crippen molar-refractivity contribution < 1.29 is 27.5 Å². The van der Waals surface area contributed by atoms with E-state index in [0.717, 1.165) is 18.6 Å². The third-order valence-corrected chi connectivity index (χ3v) is 5.58. The van der Waals surface area contributed by atoms with E-state index in [4.69, 9.17) is 16.3 Å². The van der Waals surface area contributed by atoms with Crippen molar-refractivity contribution in [2.45, 2.75) is 45.3 Å². The van der Waals surface area contributed by atoms with E-state index in [2.05, 4.69) is 10.6 Å². The number of benzene rings is 1. The summed E-state index contributed by atoms with van der Waals surface area (Å²) in [7, 11) is 0. The van der Waals surface area contributed by atoms with Crippen LogP contribution in [0.2, 0.25) is 5.02 Å². The van der Waals surface area contributed by atoms with Crippen molar-refractivity contribution in [1.82, 2.24) is 10.2 Å². The molecule has 10 heteroatoms. The van der Waals surface area contributed by atoms with Crippen LogP contribution in [-0.2, 0) is 20.5 Å². The SMILES string of the molecule is CCOCCCNC(=O)C1CCN(C(C)C(=O)Nc2ccc(Cl)cc2C(F)(F)F)CC1. The summed E-state index contributed by atoms with van der Waals surface area (Å²) < 4.78 is 44.9. The first kappa shape index (κ1) is 25.4. The summed E-state index contributed by atoms with van der Waals surface area (Å²) in [5, 5.41) is 5.21. The van der Waals surface area contributed by atoms with E-state index in [-0.39, 0.29) is 22.5 Å². The van der Waals surface area contributed by atoms with Gasteiger partial charge in [0, 0.05) is 30.7 Å². The highest BCUT2D eigenvalue weighted by molar-refractivity contribution is 6.30. The molecule has 31 heavy (non-hydrogen) atoms. The van der Waals surface area contributed by atoms with Crippen LogP contribution in [0.25, 0.3) is 0 Å². The monoisotopic (exact) mass is 463 g/mol. The molecule has 1 saturated heterocycles. The summed E-state index contributed by atoms with van der Waals surface area (Å²) in [5.74, 6) is -0.678. The number of anilines is 1. The highest BCUT2D eigenvalue weighted by Gasteiger charge is 2.35. The first-order chi connectivity index (χ1) is 14.6. The maximum Gasteiger partial charge on any atom is 0.418 e. The number of hydrogen-bond donors (Lipinski definition) is 2. The first-order valence-electron chi connectivity index (χ1n) is 10.4. The van der Waals surface area contributed by atoms with Crippen LogP contribution in [0.5, 0.6) is 0 Å². The Morgan fingerprint density at radius 1 is 1.29 bits per heavy atom. The number of ether oxygens (including phenoxy) is 1. The molecule has 1 aromatic rings. The molecule has 2 N–H and O–H groups in total. The minimum atomic E-state index is -4.63. The molecule has 1 fully saturated rings. The predicted molar refractivity (Wildman–Crippen MR) is 113 cm³/mol. The number of rotatable bonds is 9. The Bertz CT molecular complexity index is 753. The van der Waals surface area contributed by atoms with Gasteiger partial charge in [-0.25, -0.2) is 0 Å². The summed E-state index contributed by atoms with van der Waals surface area (Å²) in [6, 6.07) is 2.61. The molecule has 1 atom stereocenters. The third-order valence-electron chi connectivity index (χ3n) is 5.34. The minimum Gasteiger partial charge on any atom is -0.382 e. The molecular formula is C21H29ClF3N3O3. The Labute approximate surface area is 185 Å². The molecule has 0 radical (unpaired) electrons. The largest absolute Gasteiger partial charge is 0.418 e. The van der Waals surface area contributed by atoms with E-state index in [1.54, 1.807) is 6.92 Å². The molecule has 1 aliphatic heterocycles. The van der Waals surface area contributed by atoms with Crippen LogP contribution in [0.3, 0.4) is 0 Å². The molecule has 1 heterocycles. The van der Waals surface area contributed by atoms with E-state index >= 15 is 0 Å². The number of alkyl halides is 3. The van der Waals surface area contributed by atoms with E-state index < -0.39 is 23.7 Å². The van der Waals surface area contributed by atoms with Gasteiger partial charge in [-0.3, -0.25) is 14.5 Å². The number of nitrogens with zero attached hydrogens (tertiary/aromatic N) is 1. The van der Waals surface area contributed by atoms with Gasteiger partial charge in [-0.05, 0) is 64.4 Å². The van der Waals surface area contributed by atoms with Crippen molar-refractivity contribution in [3.63, 3.8) is 0 Å². The van der Waals surface area contributed by atoms with Crippen LogP contribution < -0.4 is 10.6 Å². The van der Waals surface area contributed by atoms with Gasteiger partial charge < -0.3 is 15.4 Å². The molecule has 0 aromatic heterocycles. The van der Waals surface area contributed by atoms with Crippen molar-refractivity contribution in [3.05, 3.63) is 28.8 Å². The molecule has 0 aliphatic carbocycles. The van der Waals surface area contributed by atoms with Crippen LogP contribution in [0.1, 0.15) is 38.7 Å². The summed E-state index contributed by atoms with van der Waals surface area (Å²) in [4.78, 5) is 26.7. The number of piperidine rings is 1. The number of hydrogen-bond acceptors (Lipinski definition) is 4. The van der Waals surface area contributed by atoms with Gasteiger partial charge in [-0.15, -0.1) is 0 Å². The topological polar surface area (TPSA) is 70.7 Å². The number of halogens is 4. The fourth-order valence-corrected chi connectivity index (χ4v) is 3.66. The molecule has 2 rings (SSSR count). The van der Waals surface area contributed by atoms with Gasteiger partial charge in [0.1, 0.15) is 0 Å². The third kappa shape index (κ3) is 7.66. The van der Waals surface area contributed by atoms with Crippen LogP contribution in [0.4, 0.5) is 18.9 Å². The van der Waals surface area contributed by atoms with Gasteiger partial charge in [0.15, 0.2) is 0 Å². The molecule has 174 valence electrons. The summed E-state index contributed by atoms with van der Waals surface area (Å²) in [5.41, 5.74) is -1.31. The van der Waals surface area contributed by atoms with Gasteiger partial charge in [-0.1, -0.05) is 11.6 Å². The number of nitrogens with one attached hydrogen (secondary N) is 2. The zero-order chi connectivity index (χ0) is 23.0. The van der Waals surface area contributed by atoms with Gasteiger partial charge in [0.25, 0.3) is 0 Å². The van der Waals surface area contributed by atoms with Crippen molar-refractivity contribution in [1.29, 1.82) is 0 Å². The van der Waals surface area contributed by atoms with Crippen molar-refractivity contribution in [3.8, 4) is 0 Å².